The van der Waals surface area contributed by atoms with E-state index >= 15 is 0 Å². The SMILES string of the molecule is CCCOC(=O)CCC(=O)Oc1cc(C)cc(C)c1. The average molecular weight is 264 g/mol. The van der Waals surface area contributed by atoms with Gasteiger partial charge in [-0.05, 0) is 43.5 Å². The van der Waals surface area contributed by atoms with Crippen molar-refractivity contribution in [1.29, 1.82) is 0 Å². The third kappa shape index (κ3) is 6.04. The third-order valence-corrected chi connectivity index (χ3v) is 2.43. The lowest BCUT2D eigenvalue weighted by Crippen LogP contribution is -2.12. The number of ether oxygens (including phenoxy) is 2. The van der Waals surface area contributed by atoms with Crippen molar-refractivity contribution < 1.29 is 19.1 Å². The molecule has 1 aromatic rings. The molecule has 0 amide bonds. The van der Waals surface area contributed by atoms with E-state index in [-0.39, 0.29) is 18.8 Å². The minimum Gasteiger partial charge on any atom is -0.466 e. The zero-order valence-electron chi connectivity index (χ0n) is 11.7. The Morgan fingerprint density at radius 2 is 1.58 bits per heavy atom. The van der Waals surface area contributed by atoms with Crippen molar-refractivity contribution >= 4 is 11.9 Å². The van der Waals surface area contributed by atoms with Gasteiger partial charge in [-0.3, -0.25) is 9.59 Å². The zero-order valence-corrected chi connectivity index (χ0v) is 11.7. The highest BCUT2D eigenvalue weighted by Crippen LogP contribution is 2.16. The Labute approximate surface area is 113 Å². The largest absolute Gasteiger partial charge is 0.466 e. The molecule has 0 spiro atoms. The summed E-state index contributed by atoms with van der Waals surface area (Å²) in [4.78, 5) is 22.8. The monoisotopic (exact) mass is 264 g/mol. The summed E-state index contributed by atoms with van der Waals surface area (Å²) < 4.78 is 10.1. The topological polar surface area (TPSA) is 52.6 Å². The standard InChI is InChI=1S/C15H20O4/c1-4-7-18-14(16)5-6-15(17)19-13-9-11(2)8-12(3)10-13/h8-10H,4-7H2,1-3H3. The van der Waals surface area contributed by atoms with Crippen LogP contribution in [0.25, 0.3) is 0 Å². The number of carbonyl (C=O) groups excluding carboxylic acids is 2. The summed E-state index contributed by atoms with van der Waals surface area (Å²) in [6.45, 7) is 6.19. The highest BCUT2D eigenvalue weighted by molar-refractivity contribution is 5.79. The summed E-state index contributed by atoms with van der Waals surface area (Å²) in [7, 11) is 0. The lowest BCUT2D eigenvalue weighted by atomic mass is 10.1. The van der Waals surface area contributed by atoms with Gasteiger partial charge in [0.05, 0.1) is 19.4 Å². The van der Waals surface area contributed by atoms with Gasteiger partial charge in [-0.1, -0.05) is 13.0 Å². The van der Waals surface area contributed by atoms with Crippen molar-refractivity contribution in [2.45, 2.75) is 40.0 Å². The minimum absolute atomic E-state index is 0.0372. The Kier molecular flexibility index (Phi) is 6.06. The van der Waals surface area contributed by atoms with Crippen LogP contribution in [0.5, 0.6) is 5.75 Å². The predicted octanol–water partition coefficient (Wildman–Crippen LogP) is 2.94. The number of aryl methyl sites for hydroxylation is 2. The molecule has 0 aliphatic heterocycles. The number of benzene rings is 1. The molecule has 0 N–H and O–H groups in total. The predicted molar refractivity (Wildman–Crippen MR) is 72.0 cm³/mol. The van der Waals surface area contributed by atoms with Crippen molar-refractivity contribution in [3.8, 4) is 5.75 Å². The van der Waals surface area contributed by atoms with Gasteiger partial charge in [-0.25, -0.2) is 0 Å². The zero-order chi connectivity index (χ0) is 14.3. The number of hydrogen-bond donors (Lipinski definition) is 0. The van der Waals surface area contributed by atoms with Crippen LogP contribution in [0.2, 0.25) is 0 Å². The van der Waals surface area contributed by atoms with Crippen LogP contribution in [-0.4, -0.2) is 18.5 Å². The number of carbonyl (C=O) groups is 2. The van der Waals surface area contributed by atoms with E-state index in [0.29, 0.717) is 12.4 Å². The fourth-order valence-electron chi connectivity index (χ4n) is 1.67. The smallest absolute Gasteiger partial charge is 0.311 e. The first-order valence-corrected chi connectivity index (χ1v) is 6.46. The third-order valence-electron chi connectivity index (χ3n) is 2.43. The number of hydrogen-bond acceptors (Lipinski definition) is 4. The molecule has 4 nitrogen and oxygen atoms in total. The van der Waals surface area contributed by atoms with E-state index in [1.807, 2.05) is 26.8 Å². The fraction of sp³-hybridized carbons (Fsp3) is 0.467. The highest BCUT2D eigenvalue weighted by Gasteiger charge is 2.10. The van der Waals surface area contributed by atoms with Crippen molar-refractivity contribution in [3.63, 3.8) is 0 Å². The van der Waals surface area contributed by atoms with E-state index in [9.17, 15) is 9.59 Å². The van der Waals surface area contributed by atoms with Gasteiger partial charge in [0.1, 0.15) is 5.75 Å². The van der Waals surface area contributed by atoms with E-state index in [2.05, 4.69) is 0 Å². The first kappa shape index (κ1) is 15.2. The van der Waals surface area contributed by atoms with Crippen molar-refractivity contribution in [2.24, 2.45) is 0 Å². The molecule has 104 valence electrons. The molecule has 4 heteroatoms. The van der Waals surface area contributed by atoms with Crippen LogP contribution in [0.3, 0.4) is 0 Å². The summed E-state index contributed by atoms with van der Waals surface area (Å²) in [6, 6.07) is 5.58. The molecule has 0 aliphatic rings. The molecule has 0 heterocycles. The second-order valence-electron chi connectivity index (χ2n) is 4.52. The number of rotatable bonds is 6. The molecule has 1 rings (SSSR count). The Balaban J connectivity index is 2.40. The Morgan fingerprint density at radius 3 is 2.16 bits per heavy atom. The molecule has 0 saturated heterocycles. The summed E-state index contributed by atoms with van der Waals surface area (Å²) in [5.74, 6) is -0.262. The quantitative estimate of drug-likeness (QED) is 0.585. The Hall–Kier alpha value is -1.84. The van der Waals surface area contributed by atoms with Crippen LogP contribution >= 0.6 is 0 Å². The molecular formula is C15H20O4. The minimum atomic E-state index is -0.418. The lowest BCUT2D eigenvalue weighted by Gasteiger charge is -2.06. The van der Waals surface area contributed by atoms with Gasteiger partial charge in [-0.2, -0.15) is 0 Å². The first-order valence-electron chi connectivity index (χ1n) is 6.46. The van der Waals surface area contributed by atoms with Gasteiger partial charge in [-0.15, -0.1) is 0 Å². The second-order valence-corrected chi connectivity index (χ2v) is 4.52. The Morgan fingerprint density at radius 1 is 1.00 bits per heavy atom. The summed E-state index contributed by atoms with van der Waals surface area (Å²) in [5, 5.41) is 0. The van der Waals surface area contributed by atoms with Crippen LogP contribution in [0.4, 0.5) is 0 Å². The fourth-order valence-corrected chi connectivity index (χ4v) is 1.67. The van der Waals surface area contributed by atoms with Crippen LogP contribution in [0, 0.1) is 13.8 Å². The van der Waals surface area contributed by atoms with E-state index < -0.39 is 5.97 Å². The van der Waals surface area contributed by atoms with Crippen molar-refractivity contribution in [3.05, 3.63) is 29.3 Å². The van der Waals surface area contributed by atoms with Crippen LogP contribution in [-0.2, 0) is 14.3 Å². The van der Waals surface area contributed by atoms with E-state index in [4.69, 9.17) is 9.47 Å². The molecule has 0 atom stereocenters. The summed E-state index contributed by atoms with van der Waals surface area (Å²) >= 11 is 0. The van der Waals surface area contributed by atoms with Crippen molar-refractivity contribution in [2.75, 3.05) is 6.61 Å². The van der Waals surface area contributed by atoms with Gasteiger partial charge in [0.25, 0.3) is 0 Å². The molecule has 0 saturated carbocycles. The maximum absolute atomic E-state index is 11.6. The highest BCUT2D eigenvalue weighted by atomic mass is 16.5. The van der Waals surface area contributed by atoms with Crippen LogP contribution < -0.4 is 4.74 Å². The first-order chi connectivity index (χ1) is 9.01. The molecule has 0 aliphatic carbocycles. The Bertz CT molecular complexity index is 431. The molecule has 0 radical (unpaired) electrons. The van der Waals surface area contributed by atoms with Crippen molar-refractivity contribution in [1.82, 2.24) is 0 Å². The molecule has 0 unspecified atom stereocenters. The second kappa shape index (κ2) is 7.56. The van der Waals surface area contributed by atoms with E-state index in [1.54, 1.807) is 12.1 Å². The van der Waals surface area contributed by atoms with E-state index in [1.165, 1.54) is 0 Å². The molecule has 0 fully saturated rings. The maximum atomic E-state index is 11.6. The van der Waals surface area contributed by atoms with Gasteiger partial charge in [0.2, 0.25) is 0 Å². The molecule has 19 heavy (non-hydrogen) atoms. The van der Waals surface area contributed by atoms with Gasteiger partial charge < -0.3 is 9.47 Å². The van der Waals surface area contributed by atoms with Gasteiger partial charge in [0.15, 0.2) is 0 Å². The molecule has 1 aromatic carbocycles. The van der Waals surface area contributed by atoms with E-state index in [0.717, 1.165) is 17.5 Å². The summed E-state index contributed by atoms with van der Waals surface area (Å²) in [5.41, 5.74) is 2.07. The lowest BCUT2D eigenvalue weighted by molar-refractivity contribution is -0.146. The maximum Gasteiger partial charge on any atom is 0.311 e. The van der Waals surface area contributed by atoms with Crippen LogP contribution in [0.1, 0.15) is 37.3 Å². The normalized spacial score (nSPS) is 10.1. The van der Waals surface area contributed by atoms with Crippen LogP contribution in [0.15, 0.2) is 18.2 Å². The van der Waals surface area contributed by atoms with Gasteiger partial charge in [0, 0.05) is 0 Å². The molecule has 0 bridgehead atoms. The molecule has 0 aromatic heterocycles. The average Bonchev–Trinajstić information content (AvgIpc) is 2.32. The summed E-state index contributed by atoms with van der Waals surface area (Å²) in [6.07, 6.45) is 0.873. The van der Waals surface area contributed by atoms with Gasteiger partial charge >= 0.3 is 11.9 Å². The molecular weight excluding hydrogens is 244 g/mol. The number of esters is 2.